The number of ketones is 2. The van der Waals surface area contributed by atoms with Gasteiger partial charge in [-0.05, 0) is 50.6 Å². The van der Waals surface area contributed by atoms with Crippen molar-refractivity contribution in [1.82, 2.24) is 4.90 Å². The number of hydrogen-bond donors (Lipinski definition) is 4. The molecule has 4 rings (SSSR count). The van der Waals surface area contributed by atoms with Crippen molar-refractivity contribution in [3.05, 3.63) is 40.2 Å². The lowest BCUT2D eigenvalue weighted by Crippen LogP contribution is -2.65. The van der Waals surface area contributed by atoms with Crippen molar-refractivity contribution in [2.45, 2.75) is 24.5 Å². The summed E-state index contributed by atoms with van der Waals surface area (Å²) in [5.74, 6) is -5.58. The highest BCUT2D eigenvalue weighted by Gasteiger charge is 2.64. The van der Waals surface area contributed by atoms with Crippen LogP contribution < -0.4 is 15.4 Å². The number of methoxy groups -OCH3 is 1. The average Bonchev–Trinajstić information content (AvgIpc) is 2.74. The second kappa shape index (κ2) is 7.85. The van der Waals surface area contributed by atoms with Crippen LogP contribution in [0, 0.1) is 11.8 Å². The molecular formula is C24H29N3O7. The maximum absolute atomic E-state index is 13.8. The first-order valence-electron chi connectivity index (χ1n) is 10.9. The molecule has 0 saturated heterocycles. The molecule has 0 aliphatic heterocycles. The summed E-state index contributed by atoms with van der Waals surface area (Å²) in [5, 5.41) is 33.8. The number of fused-ring (bicyclic) bond motifs is 3. The second-order valence-electron chi connectivity index (χ2n) is 9.50. The zero-order chi connectivity index (χ0) is 25.3. The number of ether oxygens (including phenoxy) is 1. The third kappa shape index (κ3) is 2.98. The van der Waals surface area contributed by atoms with E-state index in [0.717, 1.165) is 11.3 Å². The molecule has 10 heteroatoms. The molecule has 0 spiro atoms. The Morgan fingerprint density at radius 3 is 2.35 bits per heavy atom. The Bertz CT molecular complexity index is 1180. The molecule has 0 aromatic heterocycles. The molecule has 1 amide bonds. The van der Waals surface area contributed by atoms with E-state index in [9.17, 15) is 29.7 Å². The molecule has 1 aromatic rings. The first-order chi connectivity index (χ1) is 15.9. The van der Waals surface area contributed by atoms with Crippen molar-refractivity contribution in [1.29, 1.82) is 0 Å². The monoisotopic (exact) mass is 471 g/mol. The molecule has 1 saturated carbocycles. The number of carbonyl (C=O) groups excluding carboxylic acids is 3. The van der Waals surface area contributed by atoms with Crippen molar-refractivity contribution in [3.8, 4) is 5.75 Å². The van der Waals surface area contributed by atoms with E-state index in [2.05, 4.69) is 0 Å². The van der Waals surface area contributed by atoms with Gasteiger partial charge in [0.2, 0.25) is 5.78 Å². The minimum atomic E-state index is -2.59. The summed E-state index contributed by atoms with van der Waals surface area (Å²) in [7, 11) is 8.34. The highest BCUT2D eigenvalue weighted by Crippen LogP contribution is 2.53. The molecular weight excluding hydrogens is 442 g/mol. The Balaban J connectivity index is 2.00. The van der Waals surface area contributed by atoms with Crippen LogP contribution >= 0.6 is 0 Å². The molecule has 0 radical (unpaired) electrons. The van der Waals surface area contributed by atoms with E-state index in [1.165, 1.54) is 12.0 Å². The highest BCUT2D eigenvalue weighted by molar-refractivity contribution is 6.24. The van der Waals surface area contributed by atoms with Crippen molar-refractivity contribution >= 4 is 28.9 Å². The van der Waals surface area contributed by atoms with Gasteiger partial charge in [-0.15, -0.1) is 0 Å². The van der Waals surface area contributed by atoms with Gasteiger partial charge in [0, 0.05) is 31.3 Å². The smallest absolute Gasteiger partial charge is 0.255 e. The third-order valence-corrected chi connectivity index (χ3v) is 7.26. The van der Waals surface area contributed by atoms with E-state index in [4.69, 9.17) is 10.5 Å². The van der Waals surface area contributed by atoms with Crippen LogP contribution in [0.15, 0.2) is 29.0 Å². The van der Waals surface area contributed by atoms with Crippen LogP contribution in [-0.2, 0) is 20.8 Å². The predicted octanol–water partition coefficient (Wildman–Crippen LogP) is 0.333. The first-order valence-corrected chi connectivity index (χ1v) is 10.9. The number of rotatable bonds is 4. The average molecular weight is 472 g/mol. The first kappa shape index (κ1) is 23.8. The van der Waals surface area contributed by atoms with Gasteiger partial charge in [-0.1, -0.05) is 0 Å². The maximum Gasteiger partial charge on any atom is 0.255 e. The molecule has 1 fully saturated rings. The minimum Gasteiger partial charge on any atom is -0.508 e. The topological polar surface area (TPSA) is 154 Å². The highest BCUT2D eigenvalue weighted by atomic mass is 16.5. The molecule has 5 N–H and O–H groups in total. The summed E-state index contributed by atoms with van der Waals surface area (Å²) >= 11 is 0. The summed E-state index contributed by atoms with van der Waals surface area (Å²) in [5.41, 5.74) is 3.83. The SMILES string of the molecule is COc1ccc(N(C)C)c2c1C(O)=C1C(=O)C3(O)C(O)=C(C(N)=O)C(=O)C(N(C)C)C3CC1C2. The molecule has 182 valence electrons. The quantitative estimate of drug-likeness (QED) is 0.455. The minimum absolute atomic E-state index is 0.0670. The molecule has 10 nitrogen and oxygen atoms in total. The van der Waals surface area contributed by atoms with E-state index < -0.39 is 52.3 Å². The lowest BCUT2D eigenvalue weighted by Gasteiger charge is -2.50. The number of aliphatic hydroxyl groups excluding tert-OH is 2. The molecule has 34 heavy (non-hydrogen) atoms. The van der Waals surface area contributed by atoms with Crippen LogP contribution in [0.5, 0.6) is 5.75 Å². The van der Waals surface area contributed by atoms with Gasteiger partial charge in [-0.2, -0.15) is 0 Å². The third-order valence-electron chi connectivity index (χ3n) is 7.26. The Morgan fingerprint density at radius 1 is 1.18 bits per heavy atom. The molecule has 3 aliphatic carbocycles. The van der Waals surface area contributed by atoms with E-state index in [0.29, 0.717) is 17.7 Å². The standard InChI is InChI=1S/C24H29N3O7/c1-26(2)13-6-7-14(34-5)16-11(13)8-10-9-12-18(27(3)4)20(29)17(23(25)32)22(31)24(12,33)21(30)15(10)19(16)28/h6-7,10,12,18,28,31,33H,8-9H2,1-5H3,(H2,25,32). The number of nitrogens with two attached hydrogens (primary N) is 1. The lowest BCUT2D eigenvalue weighted by atomic mass is 9.57. The predicted molar refractivity (Wildman–Crippen MR) is 123 cm³/mol. The van der Waals surface area contributed by atoms with Crippen LogP contribution in [0.2, 0.25) is 0 Å². The Hall–Kier alpha value is -3.37. The van der Waals surface area contributed by atoms with Crippen molar-refractivity contribution in [3.63, 3.8) is 0 Å². The van der Waals surface area contributed by atoms with E-state index in [1.54, 1.807) is 20.2 Å². The van der Waals surface area contributed by atoms with Gasteiger partial charge in [-0.3, -0.25) is 19.3 Å². The summed E-state index contributed by atoms with van der Waals surface area (Å²) < 4.78 is 5.44. The van der Waals surface area contributed by atoms with Gasteiger partial charge >= 0.3 is 0 Å². The summed E-state index contributed by atoms with van der Waals surface area (Å²) in [6.07, 6.45) is 0.453. The van der Waals surface area contributed by atoms with Gasteiger partial charge in [0.1, 0.15) is 22.8 Å². The Labute approximate surface area is 196 Å². The number of primary amides is 1. The van der Waals surface area contributed by atoms with Crippen LogP contribution in [0.4, 0.5) is 5.69 Å². The van der Waals surface area contributed by atoms with E-state index in [-0.39, 0.29) is 17.8 Å². The summed E-state index contributed by atoms with van der Waals surface area (Å²) in [6, 6.07) is 2.47. The van der Waals surface area contributed by atoms with Crippen molar-refractivity contribution in [2.75, 3.05) is 40.2 Å². The normalized spacial score (nSPS) is 28.5. The Kier molecular flexibility index (Phi) is 5.49. The Morgan fingerprint density at radius 2 is 1.82 bits per heavy atom. The van der Waals surface area contributed by atoms with Gasteiger partial charge in [0.05, 0.1) is 18.7 Å². The van der Waals surface area contributed by atoms with Crippen LogP contribution in [0.3, 0.4) is 0 Å². The van der Waals surface area contributed by atoms with Gasteiger partial charge in [0.15, 0.2) is 11.4 Å². The summed E-state index contributed by atoms with van der Waals surface area (Å²) in [6.45, 7) is 0. The zero-order valence-electron chi connectivity index (χ0n) is 19.7. The fourth-order valence-corrected chi connectivity index (χ4v) is 5.80. The number of likely N-dealkylation sites (N-methyl/N-ethyl adjacent to an activating group) is 1. The molecule has 0 heterocycles. The van der Waals surface area contributed by atoms with Crippen molar-refractivity contribution < 1.29 is 34.4 Å². The van der Waals surface area contributed by atoms with Gasteiger partial charge < -0.3 is 30.7 Å². The van der Waals surface area contributed by atoms with Crippen LogP contribution in [0.25, 0.3) is 5.76 Å². The van der Waals surface area contributed by atoms with Gasteiger partial charge in [0.25, 0.3) is 5.91 Å². The van der Waals surface area contributed by atoms with Gasteiger partial charge in [-0.25, -0.2) is 0 Å². The molecule has 3 aliphatic rings. The molecule has 1 aromatic carbocycles. The van der Waals surface area contributed by atoms with E-state index in [1.807, 2.05) is 25.1 Å². The zero-order valence-corrected chi connectivity index (χ0v) is 19.7. The van der Waals surface area contributed by atoms with Crippen molar-refractivity contribution in [2.24, 2.45) is 17.6 Å². The maximum atomic E-state index is 13.8. The number of hydrogen-bond acceptors (Lipinski definition) is 9. The fourth-order valence-electron chi connectivity index (χ4n) is 5.80. The number of benzene rings is 1. The number of aliphatic hydroxyl groups is 3. The molecule has 4 atom stereocenters. The van der Waals surface area contributed by atoms with E-state index >= 15 is 0 Å². The molecule has 4 unspecified atom stereocenters. The summed E-state index contributed by atoms with van der Waals surface area (Å²) in [4.78, 5) is 42.3. The second-order valence-corrected chi connectivity index (χ2v) is 9.50. The number of nitrogens with zero attached hydrogens (tertiary/aromatic N) is 2. The number of anilines is 1. The number of amides is 1. The van der Waals surface area contributed by atoms with Crippen LogP contribution in [0.1, 0.15) is 17.5 Å². The van der Waals surface area contributed by atoms with Crippen LogP contribution in [-0.4, -0.2) is 84.6 Å². The number of Topliss-reactive ketones (excluding diaryl/α,β-unsaturated/α-hetero) is 2. The molecule has 0 bridgehead atoms. The lowest BCUT2D eigenvalue weighted by molar-refractivity contribution is -0.153. The fraction of sp³-hybridized carbons (Fsp3) is 0.458. The number of carbonyl (C=O) groups is 3. The largest absolute Gasteiger partial charge is 0.508 e.